The topological polar surface area (TPSA) is 67.7 Å². The van der Waals surface area contributed by atoms with Crippen molar-refractivity contribution in [3.8, 4) is 11.4 Å². The molecule has 2 aromatic carbocycles. The van der Waals surface area contributed by atoms with E-state index in [1.54, 1.807) is 49.6 Å². The maximum absolute atomic E-state index is 12.8. The molecule has 4 rings (SSSR count). The number of piperazine rings is 1. The largest absolute Gasteiger partial charge is 0.497 e. The SMILES string of the molecule is COc1cccc(C(=O)N2CCN(c3ccc(=O)n(-c4ccc(Cl)cc4)n3)CC2)c1. The van der Waals surface area contributed by atoms with E-state index in [0.717, 1.165) is 0 Å². The number of rotatable bonds is 4. The highest BCUT2D eigenvalue weighted by atomic mass is 35.5. The number of hydrogen-bond acceptors (Lipinski definition) is 5. The van der Waals surface area contributed by atoms with Crippen LogP contribution >= 0.6 is 11.6 Å². The molecular weight excluding hydrogens is 404 g/mol. The minimum atomic E-state index is -0.215. The van der Waals surface area contributed by atoms with Gasteiger partial charge in [0.15, 0.2) is 0 Å². The minimum absolute atomic E-state index is 0.0207. The number of anilines is 1. The van der Waals surface area contributed by atoms with Crippen molar-refractivity contribution in [1.82, 2.24) is 14.7 Å². The molecule has 0 atom stereocenters. The highest BCUT2D eigenvalue weighted by Gasteiger charge is 2.23. The van der Waals surface area contributed by atoms with E-state index < -0.39 is 0 Å². The quantitative estimate of drug-likeness (QED) is 0.644. The summed E-state index contributed by atoms with van der Waals surface area (Å²) in [5.41, 5.74) is 1.04. The van der Waals surface area contributed by atoms with Crippen molar-refractivity contribution in [2.75, 3.05) is 38.2 Å². The van der Waals surface area contributed by atoms with Crippen LogP contribution in [0, 0.1) is 0 Å². The molecule has 1 saturated heterocycles. The summed E-state index contributed by atoms with van der Waals surface area (Å²) < 4.78 is 6.57. The van der Waals surface area contributed by atoms with Gasteiger partial charge in [-0.1, -0.05) is 17.7 Å². The van der Waals surface area contributed by atoms with Gasteiger partial charge in [-0.3, -0.25) is 9.59 Å². The molecule has 0 saturated carbocycles. The molecule has 0 radical (unpaired) electrons. The first-order valence-corrected chi connectivity index (χ1v) is 9.97. The Kier molecular flexibility index (Phi) is 5.72. The Bertz CT molecular complexity index is 1110. The number of amides is 1. The molecule has 8 heteroatoms. The van der Waals surface area contributed by atoms with Crippen molar-refractivity contribution in [1.29, 1.82) is 0 Å². The Balaban J connectivity index is 1.47. The van der Waals surface area contributed by atoms with Gasteiger partial charge in [-0.2, -0.15) is 4.68 Å². The van der Waals surface area contributed by atoms with Gasteiger partial charge in [-0.05, 0) is 48.5 Å². The van der Waals surface area contributed by atoms with Crippen LogP contribution in [0.2, 0.25) is 5.02 Å². The average molecular weight is 425 g/mol. The van der Waals surface area contributed by atoms with Gasteiger partial charge in [0.2, 0.25) is 0 Å². The monoisotopic (exact) mass is 424 g/mol. The van der Waals surface area contributed by atoms with Crippen LogP contribution in [-0.2, 0) is 0 Å². The van der Waals surface area contributed by atoms with E-state index in [1.165, 1.54) is 10.7 Å². The first-order valence-electron chi connectivity index (χ1n) is 9.60. The number of hydrogen-bond donors (Lipinski definition) is 0. The molecule has 7 nitrogen and oxygen atoms in total. The van der Waals surface area contributed by atoms with E-state index in [0.29, 0.717) is 54.0 Å². The lowest BCUT2D eigenvalue weighted by molar-refractivity contribution is 0.0746. The van der Waals surface area contributed by atoms with Crippen molar-refractivity contribution in [2.24, 2.45) is 0 Å². The molecule has 1 fully saturated rings. The number of aromatic nitrogens is 2. The highest BCUT2D eigenvalue weighted by molar-refractivity contribution is 6.30. The number of nitrogens with zero attached hydrogens (tertiary/aromatic N) is 4. The molecular formula is C22H21ClN4O3. The summed E-state index contributed by atoms with van der Waals surface area (Å²) in [7, 11) is 1.58. The summed E-state index contributed by atoms with van der Waals surface area (Å²) in [6.45, 7) is 2.39. The summed E-state index contributed by atoms with van der Waals surface area (Å²) in [6.07, 6.45) is 0. The van der Waals surface area contributed by atoms with Crippen molar-refractivity contribution < 1.29 is 9.53 Å². The third-order valence-electron chi connectivity index (χ3n) is 5.06. The Morgan fingerprint density at radius 2 is 1.73 bits per heavy atom. The molecule has 1 aromatic heterocycles. The number of methoxy groups -OCH3 is 1. The zero-order chi connectivity index (χ0) is 21.1. The highest BCUT2D eigenvalue weighted by Crippen LogP contribution is 2.18. The van der Waals surface area contributed by atoms with Crippen LogP contribution in [-0.4, -0.2) is 53.9 Å². The number of halogens is 1. The van der Waals surface area contributed by atoms with Gasteiger partial charge in [0, 0.05) is 42.8 Å². The summed E-state index contributed by atoms with van der Waals surface area (Å²) in [6, 6.07) is 17.3. The summed E-state index contributed by atoms with van der Waals surface area (Å²) >= 11 is 5.94. The molecule has 0 spiro atoms. The molecule has 2 heterocycles. The fraction of sp³-hybridized carbons (Fsp3) is 0.227. The Labute approximate surface area is 179 Å². The first kappa shape index (κ1) is 20.0. The molecule has 0 aliphatic carbocycles. The lowest BCUT2D eigenvalue weighted by atomic mass is 10.1. The van der Waals surface area contributed by atoms with E-state index in [4.69, 9.17) is 16.3 Å². The van der Waals surface area contributed by atoms with Crippen LogP contribution in [0.3, 0.4) is 0 Å². The second kappa shape index (κ2) is 8.59. The predicted octanol–water partition coefficient (Wildman–Crippen LogP) is 2.86. The van der Waals surface area contributed by atoms with E-state index >= 15 is 0 Å². The number of benzene rings is 2. The molecule has 1 aliphatic rings. The van der Waals surface area contributed by atoms with E-state index in [1.807, 2.05) is 17.0 Å². The van der Waals surface area contributed by atoms with E-state index in [2.05, 4.69) is 10.00 Å². The normalized spacial score (nSPS) is 13.9. The molecule has 0 N–H and O–H groups in total. The summed E-state index contributed by atoms with van der Waals surface area (Å²) in [4.78, 5) is 29.0. The van der Waals surface area contributed by atoms with Gasteiger partial charge in [-0.15, -0.1) is 5.10 Å². The number of carbonyl (C=O) groups excluding carboxylic acids is 1. The second-order valence-electron chi connectivity index (χ2n) is 6.93. The van der Waals surface area contributed by atoms with Gasteiger partial charge in [-0.25, -0.2) is 0 Å². The Morgan fingerprint density at radius 1 is 1.00 bits per heavy atom. The third kappa shape index (κ3) is 4.16. The lowest BCUT2D eigenvalue weighted by Gasteiger charge is -2.35. The van der Waals surface area contributed by atoms with Crippen LogP contribution in [0.5, 0.6) is 5.75 Å². The van der Waals surface area contributed by atoms with Gasteiger partial charge in [0.1, 0.15) is 11.6 Å². The summed E-state index contributed by atoms with van der Waals surface area (Å²) in [5.74, 6) is 1.33. The van der Waals surface area contributed by atoms with E-state index in [9.17, 15) is 9.59 Å². The van der Waals surface area contributed by atoms with Crippen LogP contribution in [0.1, 0.15) is 10.4 Å². The zero-order valence-electron chi connectivity index (χ0n) is 16.5. The van der Waals surface area contributed by atoms with Crippen LogP contribution in [0.15, 0.2) is 65.5 Å². The molecule has 1 aliphatic heterocycles. The second-order valence-corrected chi connectivity index (χ2v) is 7.37. The maximum Gasteiger partial charge on any atom is 0.271 e. The van der Waals surface area contributed by atoms with Crippen molar-refractivity contribution >= 4 is 23.3 Å². The molecule has 3 aromatic rings. The van der Waals surface area contributed by atoms with Gasteiger partial charge < -0.3 is 14.5 Å². The standard InChI is InChI=1S/C22H21ClN4O3/c1-30-19-4-2-3-16(15-19)22(29)26-13-11-25(12-14-26)20-9-10-21(28)27(24-20)18-7-5-17(23)6-8-18/h2-10,15H,11-14H2,1H3. The molecule has 0 bridgehead atoms. The van der Waals surface area contributed by atoms with Gasteiger partial charge >= 0.3 is 0 Å². The van der Waals surface area contributed by atoms with Gasteiger partial charge in [0.25, 0.3) is 11.5 Å². The van der Waals surface area contributed by atoms with Crippen LogP contribution < -0.4 is 15.2 Å². The first-order chi connectivity index (χ1) is 14.5. The fourth-order valence-corrected chi connectivity index (χ4v) is 3.54. The van der Waals surface area contributed by atoms with E-state index in [-0.39, 0.29) is 11.5 Å². The van der Waals surface area contributed by atoms with Crippen LogP contribution in [0.4, 0.5) is 5.82 Å². The van der Waals surface area contributed by atoms with Crippen molar-refractivity contribution in [2.45, 2.75) is 0 Å². The molecule has 30 heavy (non-hydrogen) atoms. The van der Waals surface area contributed by atoms with Crippen LogP contribution in [0.25, 0.3) is 5.69 Å². The van der Waals surface area contributed by atoms with Crippen molar-refractivity contribution in [3.05, 3.63) is 81.6 Å². The Hall–Kier alpha value is -3.32. The minimum Gasteiger partial charge on any atom is -0.497 e. The smallest absolute Gasteiger partial charge is 0.271 e. The molecule has 1 amide bonds. The average Bonchev–Trinajstić information content (AvgIpc) is 2.80. The lowest BCUT2D eigenvalue weighted by Crippen LogP contribution is -2.49. The third-order valence-corrected chi connectivity index (χ3v) is 5.32. The zero-order valence-corrected chi connectivity index (χ0v) is 17.2. The van der Waals surface area contributed by atoms with Crippen molar-refractivity contribution in [3.63, 3.8) is 0 Å². The maximum atomic E-state index is 12.8. The number of ether oxygens (including phenoxy) is 1. The number of carbonyl (C=O) groups is 1. The predicted molar refractivity (Wildman–Crippen MR) is 116 cm³/mol. The molecule has 0 unspecified atom stereocenters. The molecule has 154 valence electrons. The Morgan fingerprint density at radius 3 is 2.43 bits per heavy atom. The summed E-state index contributed by atoms with van der Waals surface area (Å²) in [5, 5.41) is 5.11. The van der Waals surface area contributed by atoms with Gasteiger partial charge in [0.05, 0.1) is 12.8 Å². The fourth-order valence-electron chi connectivity index (χ4n) is 3.41.